The molecule has 4 heteroatoms. The molecule has 0 saturated heterocycles. The van der Waals surface area contributed by atoms with Crippen molar-refractivity contribution in [2.45, 2.75) is 27.7 Å². The average molecular weight is 262 g/mol. The molecular formula is C15H22N2O2. The normalized spacial score (nSPS) is 17.9. The summed E-state index contributed by atoms with van der Waals surface area (Å²) in [7, 11) is 0. The zero-order valence-electron chi connectivity index (χ0n) is 12.1. The summed E-state index contributed by atoms with van der Waals surface area (Å²) in [5.74, 6) is 1.20. The number of nitrogens with two attached hydrogens (primary N) is 1. The van der Waals surface area contributed by atoms with Crippen molar-refractivity contribution >= 4 is 17.3 Å². The van der Waals surface area contributed by atoms with Crippen LogP contribution in [0, 0.1) is 11.3 Å². The largest absolute Gasteiger partial charge is 0.490 e. The summed E-state index contributed by atoms with van der Waals surface area (Å²) >= 11 is 0. The van der Waals surface area contributed by atoms with Gasteiger partial charge in [-0.05, 0) is 38.0 Å². The number of anilines is 2. The van der Waals surface area contributed by atoms with Gasteiger partial charge in [0.15, 0.2) is 0 Å². The summed E-state index contributed by atoms with van der Waals surface area (Å²) in [5.41, 5.74) is 6.74. The maximum atomic E-state index is 12.7. The van der Waals surface area contributed by atoms with Gasteiger partial charge in [0.2, 0.25) is 5.91 Å². The Morgan fingerprint density at radius 2 is 2.11 bits per heavy atom. The summed E-state index contributed by atoms with van der Waals surface area (Å²) < 4.78 is 5.78. The van der Waals surface area contributed by atoms with Crippen LogP contribution < -0.4 is 15.4 Å². The van der Waals surface area contributed by atoms with Gasteiger partial charge >= 0.3 is 0 Å². The molecule has 104 valence electrons. The third-order valence-electron chi connectivity index (χ3n) is 3.23. The molecule has 19 heavy (non-hydrogen) atoms. The van der Waals surface area contributed by atoms with Crippen LogP contribution >= 0.6 is 0 Å². The first-order valence-corrected chi connectivity index (χ1v) is 6.65. The molecule has 0 bridgehead atoms. The van der Waals surface area contributed by atoms with Crippen molar-refractivity contribution in [1.29, 1.82) is 0 Å². The Labute approximate surface area is 114 Å². The quantitative estimate of drug-likeness (QED) is 0.834. The number of nitrogen functional groups attached to an aromatic ring is 1. The molecule has 0 aliphatic carbocycles. The van der Waals surface area contributed by atoms with E-state index in [9.17, 15) is 4.79 Å². The van der Waals surface area contributed by atoms with E-state index in [0.717, 1.165) is 11.4 Å². The van der Waals surface area contributed by atoms with E-state index >= 15 is 0 Å². The minimum absolute atomic E-state index is 0.0885. The van der Waals surface area contributed by atoms with Gasteiger partial charge in [-0.2, -0.15) is 0 Å². The van der Waals surface area contributed by atoms with Crippen LogP contribution in [0.5, 0.6) is 5.75 Å². The van der Waals surface area contributed by atoms with Crippen molar-refractivity contribution < 1.29 is 9.53 Å². The number of carbonyl (C=O) groups is 1. The van der Waals surface area contributed by atoms with Gasteiger partial charge in [0, 0.05) is 12.2 Å². The fourth-order valence-electron chi connectivity index (χ4n) is 2.21. The van der Waals surface area contributed by atoms with Gasteiger partial charge in [-0.3, -0.25) is 4.79 Å². The van der Waals surface area contributed by atoms with Gasteiger partial charge in [-0.1, -0.05) is 13.8 Å². The number of ether oxygens (including phenoxy) is 1. The van der Waals surface area contributed by atoms with Crippen LogP contribution in [0.3, 0.4) is 0 Å². The van der Waals surface area contributed by atoms with Crippen molar-refractivity contribution in [3.63, 3.8) is 0 Å². The lowest BCUT2D eigenvalue weighted by Crippen LogP contribution is -2.43. The molecule has 1 aromatic carbocycles. The van der Waals surface area contributed by atoms with E-state index < -0.39 is 5.41 Å². The molecule has 2 N–H and O–H groups in total. The highest BCUT2D eigenvalue weighted by Crippen LogP contribution is 2.37. The molecule has 0 saturated carbocycles. The highest BCUT2D eigenvalue weighted by molar-refractivity contribution is 5.99. The number of nitrogens with zero attached hydrogens (tertiary/aromatic N) is 1. The minimum Gasteiger partial charge on any atom is -0.490 e. The summed E-state index contributed by atoms with van der Waals surface area (Å²) in [5, 5.41) is 0. The predicted octanol–water partition coefficient (Wildman–Crippen LogP) is 2.68. The molecule has 1 aromatic rings. The molecule has 4 nitrogen and oxygen atoms in total. The standard InChI is InChI=1S/C15H22N2O2/c1-10(2)8-17-12-7-11(16)5-6-13(12)19-9-15(3,4)14(17)18/h5-7,10H,8-9,16H2,1-4H3. The van der Waals surface area contributed by atoms with Crippen molar-refractivity contribution in [2.75, 3.05) is 23.8 Å². The van der Waals surface area contributed by atoms with Gasteiger partial charge < -0.3 is 15.4 Å². The molecule has 2 rings (SSSR count). The third kappa shape index (κ3) is 2.67. The molecule has 1 amide bonds. The predicted molar refractivity (Wildman–Crippen MR) is 77.3 cm³/mol. The lowest BCUT2D eigenvalue weighted by Gasteiger charge is -2.29. The fraction of sp³-hybridized carbons (Fsp3) is 0.533. The molecule has 0 fully saturated rings. The zero-order chi connectivity index (χ0) is 14.2. The van der Waals surface area contributed by atoms with Crippen molar-refractivity contribution in [2.24, 2.45) is 11.3 Å². The van der Waals surface area contributed by atoms with Gasteiger partial charge in [0.05, 0.1) is 11.1 Å². The maximum absolute atomic E-state index is 12.7. The number of rotatable bonds is 2. The van der Waals surface area contributed by atoms with Crippen LogP contribution in [0.25, 0.3) is 0 Å². The smallest absolute Gasteiger partial charge is 0.236 e. The Morgan fingerprint density at radius 3 is 2.74 bits per heavy atom. The number of hydrogen-bond donors (Lipinski definition) is 1. The van der Waals surface area contributed by atoms with Crippen molar-refractivity contribution in [1.82, 2.24) is 0 Å². The second kappa shape index (κ2) is 4.76. The molecule has 1 aliphatic heterocycles. The maximum Gasteiger partial charge on any atom is 0.236 e. The molecule has 0 unspecified atom stereocenters. The second-order valence-corrected chi connectivity index (χ2v) is 6.21. The first-order chi connectivity index (χ1) is 8.81. The SMILES string of the molecule is CC(C)CN1C(=O)C(C)(C)COc2ccc(N)cc21. The highest BCUT2D eigenvalue weighted by Gasteiger charge is 2.37. The molecule has 0 spiro atoms. The van der Waals surface area contributed by atoms with E-state index in [-0.39, 0.29) is 5.91 Å². The first kappa shape index (κ1) is 13.7. The van der Waals surface area contributed by atoms with Crippen LogP contribution in [-0.2, 0) is 4.79 Å². The topological polar surface area (TPSA) is 55.6 Å². The Hall–Kier alpha value is -1.71. The van der Waals surface area contributed by atoms with Crippen molar-refractivity contribution in [3.05, 3.63) is 18.2 Å². The molecular weight excluding hydrogens is 240 g/mol. The first-order valence-electron chi connectivity index (χ1n) is 6.65. The summed E-state index contributed by atoms with van der Waals surface area (Å²) in [6.45, 7) is 9.07. The van der Waals surface area contributed by atoms with Crippen LogP contribution in [-0.4, -0.2) is 19.1 Å². The van der Waals surface area contributed by atoms with Gasteiger partial charge in [-0.15, -0.1) is 0 Å². The van der Waals surface area contributed by atoms with E-state index in [0.29, 0.717) is 24.8 Å². The zero-order valence-corrected chi connectivity index (χ0v) is 12.1. The van der Waals surface area contributed by atoms with Crippen LogP contribution in [0.15, 0.2) is 18.2 Å². The van der Waals surface area contributed by atoms with Crippen LogP contribution in [0.4, 0.5) is 11.4 Å². The Balaban J connectivity index is 2.50. The number of benzene rings is 1. The molecule has 0 radical (unpaired) electrons. The van der Waals surface area contributed by atoms with Gasteiger partial charge in [0.1, 0.15) is 12.4 Å². The van der Waals surface area contributed by atoms with E-state index in [4.69, 9.17) is 10.5 Å². The third-order valence-corrected chi connectivity index (χ3v) is 3.23. The fourth-order valence-corrected chi connectivity index (χ4v) is 2.21. The van der Waals surface area contributed by atoms with Gasteiger partial charge in [-0.25, -0.2) is 0 Å². The lowest BCUT2D eigenvalue weighted by atomic mass is 9.92. The van der Waals surface area contributed by atoms with E-state index in [1.807, 2.05) is 30.9 Å². The summed E-state index contributed by atoms with van der Waals surface area (Å²) in [4.78, 5) is 14.5. The minimum atomic E-state index is -0.525. The number of hydrogen-bond acceptors (Lipinski definition) is 3. The van der Waals surface area contributed by atoms with Gasteiger partial charge in [0.25, 0.3) is 0 Å². The van der Waals surface area contributed by atoms with Crippen molar-refractivity contribution in [3.8, 4) is 5.75 Å². The monoisotopic (exact) mass is 262 g/mol. The Morgan fingerprint density at radius 1 is 1.42 bits per heavy atom. The number of amides is 1. The van der Waals surface area contributed by atoms with E-state index in [1.54, 1.807) is 6.07 Å². The van der Waals surface area contributed by atoms with Crippen LogP contribution in [0.2, 0.25) is 0 Å². The van der Waals surface area contributed by atoms with E-state index in [2.05, 4.69) is 13.8 Å². The molecule has 1 heterocycles. The van der Waals surface area contributed by atoms with Crippen LogP contribution in [0.1, 0.15) is 27.7 Å². The molecule has 0 atom stereocenters. The van der Waals surface area contributed by atoms with E-state index in [1.165, 1.54) is 0 Å². The molecule has 1 aliphatic rings. The second-order valence-electron chi connectivity index (χ2n) is 6.21. The average Bonchev–Trinajstić information content (AvgIpc) is 2.40. The highest BCUT2D eigenvalue weighted by atomic mass is 16.5. The Kier molecular flexibility index (Phi) is 3.43. The molecule has 0 aromatic heterocycles. The summed E-state index contributed by atoms with van der Waals surface area (Å²) in [6.07, 6.45) is 0. The summed E-state index contributed by atoms with van der Waals surface area (Å²) in [6, 6.07) is 5.46. The Bertz CT molecular complexity index is 495. The lowest BCUT2D eigenvalue weighted by molar-refractivity contribution is -0.127. The number of carbonyl (C=O) groups excluding carboxylic acids is 1. The number of fused-ring (bicyclic) bond motifs is 1.